The van der Waals surface area contributed by atoms with E-state index >= 15 is 0 Å². The van der Waals surface area contributed by atoms with Gasteiger partial charge in [0.25, 0.3) is 0 Å². The van der Waals surface area contributed by atoms with Crippen LogP contribution in [0.25, 0.3) is 11.4 Å². The molecule has 1 N–H and O–H groups in total. The van der Waals surface area contributed by atoms with Gasteiger partial charge in [0.05, 0.1) is 24.6 Å². The number of nitrogens with zero attached hydrogens (tertiary/aromatic N) is 4. The van der Waals surface area contributed by atoms with Crippen LogP contribution < -0.4 is 5.32 Å². The maximum absolute atomic E-state index is 11.9. The van der Waals surface area contributed by atoms with Gasteiger partial charge >= 0.3 is 5.97 Å². The maximum atomic E-state index is 11.9. The van der Waals surface area contributed by atoms with Crippen LogP contribution in [0.4, 0.5) is 0 Å². The van der Waals surface area contributed by atoms with Crippen molar-refractivity contribution in [3.8, 4) is 11.4 Å². The van der Waals surface area contributed by atoms with Gasteiger partial charge in [0.2, 0.25) is 6.35 Å². The molecule has 3 rings (SSSR count). The smallest absolute Gasteiger partial charge is 0.358 e. The first kappa shape index (κ1) is 14.6. The second kappa shape index (κ2) is 6.20. The summed E-state index contributed by atoms with van der Waals surface area (Å²) in [5, 5.41) is 7.48. The van der Waals surface area contributed by atoms with Gasteiger partial charge in [-0.15, -0.1) is 0 Å². The van der Waals surface area contributed by atoms with Crippen molar-refractivity contribution in [2.75, 3.05) is 19.8 Å². The number of ether oxygens (including phenoxy) is 2. The SMILES string of the molecule is CCOC(=O)c1cc(-c2cc(C)ncn2)n(C2NCCO2)n1. The fourth-order valence-electron chi connectivity index (χ4n) is 2.23. The summed E-state index contributed by atoms with van der Waals surface area (Å²) in [6.45, 7) is 5.24. The normalized spacial score (nSPS) is 17.6. The van der Waals surface area contributed by atoms with Crippen LogP contribution in [0.3, 0.4) is 0 Å². The highest BCUT2D eigenvalue weighted by molar-refractivity contribution is 5.88. The van der Waals surface area contributed by atoms with Crippen molar-refractivity contribution >= 4 is 5.97 Å². The van der Waals surface area contributed by atoms with Crippen molar-refractivity contribution in [3.05, 3.63) is 29.8 Å². The molecule has 8 heteroatoms. The van der Waals surface area contributed by atoms with Gasteiger partial charge in [-0.05, 0) is 19.9 Å². The van der Waals surface area contributed by atoms with Crippen LogP contribution in [-0.2, 0) is 9.47 Å². The number of hydrogen-bond donors (Lipinski definition) is 1. The van der Waals surface area contributed by atoms with E-state index in [4.69, 9.17) is 9.47 Å². The molecule has 0 radical (unpaired) electrons. The van der Waals surface area contributed by atoms with E-state index in [1.807, 2.05) is 13.0 Å². The molecule has 116 valence electrons. The second-order valence-electron chi connectivity index (χ2n) is 4.80. The number of nitrogens with one attached hydrogen (secondary N) is 1. The molecule has 2 aromatic heterocycles. The molecule has 2 aromatic rings. The quantitative estimate of drug-likeness (QED) is 0.839. The minimum Gasteiger partial charge on any atom is -0.461 e. The topological polar surface area (TPSA) is 91.2 Å². The molecule has 1 aliphatic heterocycles. The maximum Gasteiger partial charge on any atom is 0.358 e. The van der Waals surface area contributed by atoms with Gasteiger partial charge in [-0.25, -0.2) is 19.4 Å². The summed E-state index contributed by atoms with van der Waals surface area (Å²) in [6.07, 6.45) is 1.06. The largest absolute Gasteiger partial charge is 0.461 e. The Morgan fingerprint density at radius 2 is 2.36 bits per heavy atom. The number of aryl methyl sites for hydroxylation is 1. The lowest BCUT2D eigenvalue weighted by Crippen LogP contribution is -2.23. The van der Waals surface area contributed by atoms with Crippen LogP contribution in [-0.4, -0.2) is 45.5 Å². The van der Waals surface area contributed by atoms with Gasteiger partial charge in [0.15, 0.2) is 5.69 Å². The third-order valence-corrected chi connectivity index (χ3v) is 3.21. The zero-order valence-electron chi connectivity index (χ0n) is 12.4. The van der Waals surface area contributed by atoms with Crippen LogP contribution in [0.5, 0.6) is 0 Å². The third kappa shape index (κ3) is 2.83. The molecule has 8 nitrogen and oxygen atoms in total. The van der Waals surface area contributed by atoms with E-state index < -0.39 is 12.3 Å². The predicted molar refractivity (Wildman–Crippen MR) is 76.9 cm³/mol. The van der Waals surface area contributed by atoms with E-state index in [1.165, 1.54) is 6.33 Å². The van der Waals surface area contributed by atoms with Gasteiger partial charge in [-0.3, -0.25) is 5.32 Å². The second-order valence-corrected chi connectivity index (χ2v) is 4.80. The van der Waals surface area contributed by atoms with Gasteiger partial charge in [-0.2, -0.15) is 5.10 Å². The molecular weight excluding hydrogens is 286 g/mol. The number of aromatic nitrogens is 4. The molecule has 0 amide bonds. The van der Waals surface area contributed by atoms with E-state index in [0.29, 0.717) is 24.6 Å². The first-order valence-corrected chi connectivity index (χ1v) is 7.09. The minimum atomic E-state index is -0.466. The van der Waals surface area contributed by atoms with Crippen molar-refractivity contribution in [2.24, 2.45) is 0 Å². The first-order valence-electron chi connectivity index (χ1n) is 7.09. The number of rotatable bonds is 4. The Morgan fingerprint density at radius 1 is 1.50 bits per heavy atom. The molecule has 1 saturated heterocycles. The monoisotopic (exact) mass is 303 g/mol. The van der Waals surface area contributed by atoms with Gasteiger partial charge < -0.3 is 9.47 Å². The Labute approximate surface area is 127 Å². The van der Waals surface area contributed by atoms with Crippen LogP contribution in [0.15, 0.2) is 18.5 Å². The van der Waals surface area contributed by atoms with E-state index in [1.54, 1.807) is 17.7 Å². The Bertz CT molecular complexity index is 679. The highest BCUT2D eigenvalue weighted by Gasteiger charge is 2.25. The molecule has 0 aliphatic carbocycles. The highest BCUT2D eigenvalue weighted by atomic mass is 16.5. The summed E-state index contributed by atoms with van der Waals surface area (Å²) in [5.41, 5.74) is 2.40. The van der Waals surface area contributed by atoms with Crippen molar-refractivity contribution in [3.63, 3.8) is 0 Å². The molecule has 1 aliphatic rings. The lowest BCUT2D eigenvalue weighted by atomic mass is 10.2. The number of carbonyl (C=O) groups excluding carboxylic acids is 1. The van der Waals surface area contributed by atoms with Crippen LogP contribution >= 0.6 is 0 Å². The van der Waals surface area contributed by atoms with Crippen LogP contribution in [0.1, 0.15) is 29.5 Å². The first-order chi connectivity index (χ1) is 10.7. The van der Waals surface area contributed by atoms with E-state index in [0.717, 1.165) is 12.2 Å². The third-order valence-electron chi connectivity index (χ3n) is 3.21. The fraction of sp³-hybridized carbons (Fsp3) is 0.429. The lowest BCUT2D eigenvalue weighted by Gasteiger charge is -2.13. The number of esters is 1. The molecule has 1 fully saturated rings. The average molecular weight is 303 g/mol. The molecule has 0 aromatic carbocycles. The molecular formula is C14H17N5O3. The fourth-order valence-corrected chi connectivity index (χ4v) is 2.23. The Kier molecular flexibility index (Phi) is 4.12. The summed E-state index contributed by atoms with van der Waals surface area (Å²) < 4.78 is 12.2. The molecule has 0 saturated carbocycles. The van der Waals surface area contributed by atoms with Crippen molar-refractivity contribution in [2.45, 2.75) is 20.2 Å². The lowest BCUT2D eigenvalue weighted by molar-refractivity contribution is 0.0341. The van der Waals surface area contributed by atoms with E-state index in [2.05, 4.69) is 20.4 Å². The van der Waals surface area contributed by atoms with Crippen molar-refractivity contribution < 1.29 is 14.3 Å². The summed E-state index contributed by atoms with van der Waals surface area (Å²) in [7, 11) is 0. The minimum absolute atomic E-state index is 0.227. The predicted octanol–water partition coefficient (Wildman–Crippen LogP) is 0.901. The van der Waals surface area contributed by atoms with Gasteiger partial charge in [0.1, 0.15) is 6.33 Å². The summed E-state index contributed by atoms with van der Waals surface area (Å²) >= 11 is 0. The van der Waals surface area contributed by atoms with E-state index in [-0.39, 0.29) is 5.69 Å². The van der Waals surface area contributed by atoms with Gasteiger partial charge in [-0.1, -0.05) is 0 Å². The molecule has 3 heterocycles. The van der Waals surface area contributed by atoms with Crippen molar-refractivity contribution in [1.82, 2.24) is 25.1 Å². The number of hydrogen-bond acceptors (Lipinski definition) is 7. The Morgan fingerprint density at radius 3 is 3.05 bits per heavy atom. The van der Waals surface area contributed by atoms with Crippen LogP contribution in [0, 0.1) is 6.92 Å². The molecule has 1 atom stereocenters. The molecule has 0 spiro atoms. The summed E-state index contributed by atoms with van der Waals surface area (Å²) in [4.78, 5) is 20.3. The summed E-state index contributed by atoms with van der Waals surface area (Å²) in [6, 6.07) is 3.49. The Hall–Kier alpha value is -2.32. The standard InChI is InChI=1S/C14H17N5O3/c1-3-21-13(20)11-7-12(10-6-9(2)16-8-17-10)19(18-11)14-15-4-5-22-14/h6-8,14-15H,3-5H2,1-2H3. The zero-order valence-corrected chi connectivity index (χ0v) is 12.4. The Balaban J connectivity index is 2.04. The van der Waals surface area contributed by atoms with Crippen LogP contribution in [0.2, 0.25) is 0 Å². The molecule has 22 heavy (non-hydrogen) atoms. The average Bonchev–Trinajstić information content (AvgIpc) is 3.17. The molecule has 0 bridgehead atoms. The number of carbonyl (C=O) groups is 1. The zero-order chi connectivity index (χ0) is 15.5. The molecule has 1 unspecified atom stereocenters. The van der Waals surface area contributed by atoms with Gasteiger partial charge in [0, 0.05) is 18.3 Å². The highest BCUT2D eigenvalue weighted by Crippen LogP contribution is 2.23. The van der Waals surface area contributed by atoms with Crippen molar-refractivity contribution in [1.29, 1.82) is 0 Å². The summed E-state index contributed by atoms with van der Waals surface area (Å²) in [5.74, 6) is -0.466. The van der Waals surface area contributed by atoms with E-state index in [9.17, 15) is 4.79 Å².